The Morgan fingerprint density at radius 3 is 2.59 bits per heavy atom. The zero-order valence-corrected chi connectivity index (χ0v) is 20.3. The number of fused-ring (bicyclic) bond motifs is 1. The summed E-state index contributed by atoms with van der Waals surface area (Å²) in [4.78, 5) is 28.7. The van der Waals surface area contributed by atoms with Gasteiger partial charge in [-0.1, -0.05) is 15.9 Å². The molecule has 0 radical (unpaired) electrons. The molecular formula is C19H14Br3N3O4. The lowest BCUT2D eigenvalue weighted by Gasteiger charge is -2.13. The summed E-state index contributed by atoms with van der Waals surface area (Å²) < 4.78 is 13.6. The molecule has 1 heterocycles. The summed E-state index contributed by atoms with van der Waals surface area (Å²) >= 11 is 10.2. The van der Waals surface area contributed by atoms with Crippen LogP contribution in [-0.4, -0.2) is 29.0 Å². The van der Waals surface area contributed by atoms with Crippen LogP contribution in [-0.2, 0) is 4.79 Å². The Bertz CT molecular complexity index is 1220. The summed E-state index contributed by atoms with van der Waals surface area (Å²) in [6.07, 6.45) is 1.49. The monoisotopic (exact) mass is 585 g/mol. The molecule has 0 bridgehead atoms. The molecule has 0 unspecified atom stereocenters. The third-order valence-corrected chi connectivity index (χ3v) is 6.54. The molecule has 29 heavy (non-hydrogen) atoms. The van der Waals surface area contributed by atoms with Crippen LogP contribution in [0.2, 0.25) is 0 Å². The maximum Gasteiger partial charge on any atom is 0.308 e. The van der Waals surface area contributed by atoms with E-state index in [1.807, 2.05) is 6.07 Å². The minimum atomic E-state index is -0.479. The molecule has 2 aromatic carbocycles. The predicted molar refractivity (Wildman–Crippen MR) is 121 cm³/mol. The van der Waals surface area contributed by atoms with E-state index in [9.17, 15) is 9.59 Å². The van der Waals surface area contributed by atoms with Gasteiger partial charge in [0.2, 0.25) is 0 Å². The molecule has 7 nitrogen and oxygen atoms in total. The topological polar surface area (TPSA) is 82.8 Å². The van der Waals surface area contributed by atoms with E-state index in [2.05, 4.69) is 57.9 Å². The van der Waals surface area contributed by atoms with Crippen LogP contribution in [0.3, 0.4) is 0 Å². The van der Waals surface area contributed by atoms with E-state index in [1.165, 1.54) is 24.9 Å². The van der Waals surface area contributed by atoms with Gasteiger partial charge >= 0.3 is 5.97 Å². The predicted octanol–water partition coefficient (Wildman–Crippen LogP) is 4.81. The van der Waals surface area contributed by atoms with Crippen LogP contribution in [0.25, 0.3) is 10.9 Å². The van der Waals surface area contributed by atoms with E-state index in [0.717, 1.165) is 4.47 Å². The molecular weight excluding hydrogens is 574 g/mol. The Balaban J connectivity index is 2.12. The molecule has 0 saturated heterocycles. The molecule has 0 amide bonds. The van der Waals surface area contributed by atoms with Crippen molar-refractivity contribution in [2.45, 2.75) is 13.8 Å². The smallest absolute Gasteiger partial charge is 0.308 e. The number of carbonyl (C=O) groups is 1. The van der Waals surface area contributed by atoms with Crippen molar-refractivity contribution in [1.82, 2.24) is 9.66 Å². The van der Waals surface area contributed by atoms with Crippen LogP contribution >= 0.6 is 47.8 Å². The van der Waals surface area contributed by atoms with E-state index in [1.54, 1.807) is 25.1 Å². The van der Waals surface area contributed by atoms with Crippen molar-refractivity contribution in [1.29, 1.82) is 0 Å². The first-order valence-electron chi connectivity index (χ1n) is 8.20. The molecule has 0 saturated carbocycles. The Hall–Kier alpha value is -2.04. The number of hydrogen-bond acceptors (Lipinski definition) is 6. The lowest BCUT2D eigenvalue weighted by molar-refractivity contribution is -0.132. The normalized spacial score (nSPS) is 11.2. The van der Waals surface area contributed by atoms with Gasteiger partial charge in [0.25, 0.3) is 5.56 Å². The number of carbonyl (C=O) groups excluding carboxylic acids is 1. The van der Waals surface area contributed by atoms with E-state index in [4.69, 9.17) is 9.47 Å². The van der Waals surface area contributed by atoms with Gasteiger partial charge in [-0.05, 0) is 63.0 Å². The lowest BCUT2D eigenvalue weighted by atomic mass is 10.2. The number of aromatic nitrogens is 2. The fraction of sp³-hybridized carbons (Fsp3) is 0.158. The average Bonchev–Trinajstić information content (AvgIpc) is 2.67. The van der Waals surface area contributed by atoms with Gasteiger partial charge in [0, 0.05) is 21.4 Å². The van der Waals surface area contributed by atoms with E-state index < -0.39 is 5.97 Å². The van der Waals surface area contributed by atoms with Crippen LogP contribution < -0.4 is 15.0 Å². The van der Waals surface area contributed by atoms with Crippen LogP contribution in [0.15, 0.2) is 47.6 Å². The number of rotatable bonds is 4. The highest BCUT2D eigenvalue weighted by molar-refractivity contribution is 9.13. The molecule has 0 aliphatic heterocycles. The fourth-order valence-electron chi connectivity index (χ4n) is 2.60. The van der Waals surface area contributed by atoms with E-state index in [-0.39, 0.29) is 11.3 Å². The second-order valence-corrected chi connectivity index (χ2v) is 8.40. The summed E-state index contributed by atoms with van der Waals surface area (Å²) in [5.41, 5.74) is 0.910. The van der Waals surface area contributed by atoms with Crippen LogP contribution in [0, 0.1) is 6.92 Å². The number of halogens is 3. The summed E-state index contributed by atoms with van der Waals surface area (Å²) in [6, 6.07) is 6.95. The number of methoxy groups -OCH3 is 1. The van der Waals surface area contributed by atoms with Crippen molar-refractivity contribution in [2.75, 3.05) is 7.11 Å². The Labute approximate surface area is 191 Å². The Morgan fingerprint density at radius 1 is 1.21 bits per heavy atom. The van der Waals surface area contributed by atoms with Gasteiger partial charge in [-0.25, -0.2) is 4.98 Å². The van der Waals surface area contributed by atoms with Gasteiger partial charge in [0.15, 0.2) is 11.5 Å². The first-order chi connectivity index (χ1) is 13.7. The molecule has 0 spiro atoms. The summed E-state index contributed by atoms with van der Waals surface area (Å²) in [6.45, 7) is 3.00. The number of benzene rings is 2. The van der Waals surface area contributed by atoms with Crippen LogP contribution in [0.5, 0.6) is 11.5 Å². The molecule has 3 aromatic rings. The molecule has 0 fully saturated rings. The van der Waals surface area contributed by atoms with Crippen molar-refractivity contribution in [3.05, 3.63) is 59.4 Å². The second-order valence-electron chi connectivity index (χ2n) is 5.90. The molecule has 0 N–H and O–H groups in total. The van der Waals surface area contributed by atoms with Gasteiger partial charge in [-0.2, -0.15) is 9.78 Å². The minimum absolute atomic E-state index is 0.245. The van der Waals surface area contributed by atoms with Crippen molar-refractivity contribution in [2.24, 2.45) is 5.10 Å². The number of ether oxygens (including phenoxy) is 2. The summed E-state index contributed by atoms with van der Waals surface area (Å²) in [5.74, 6) is 0.545. The maximum absolute atomic E-state index is 12.9. The summed E-state index contributed by atoms with van der Waals surface area (Å²) in [7, 11) is 1.46. The number of aryl methyl sites for hydroxylation is 1. The van der Waals surface area contributed by atoms with E-state index in [0.29, 0.717) is 37.0 Å². The van der Waals surface area contributed by atoms with Gasteiger partial charge in [0.05, 0.1) is 28.7 Å². The molecule has 150 valence electrons. The number of nitrogens with zero attached hydrogens (tertiary/aromatic N) is 3. The Kier molecular flexibility index (Phi) is 6.55. The highest BCUT2D eigenvalue weighted by Gasteiger charge is 2.18. The molecule has 0 aliphatic rings. The first-order valence-corrected chi connectivity index (χ1v) is 10.6. The molecule has 3 rings (SSSR count). The fourth-order valence-corrected chi connectivity index (χ4v) is 3.87. The van der Waals surface area contributed by atoms with Crippen LogP contribution in [0.4, 0.5) is 0 Å². The van der Waals surface area contributed by atoms with E-state index >= 15 is 0 Å². The quantitative estimate of drug-likeness (QED) is 0.249. The van der Waals surface area contributed by atoms with Gasteiger partial charge in [-0.3, -0.25) is 9.59 Å². The average molecular weight is 588 g/mol. The standard InChI is InChI=1S/C19H14Br3N3O4/c1-9-24-14-5-4-12(20)7-13(14)19(27)25(9)23-8-11-6-15(28-3)18(29-10(2)26)17(22)16(11)21/h4-8H,1-3H3. The Morgan fingerprint density at radius 2 is 1.93 bits per heavy atom. The molecule has 0 aliphatic carbocycles. The molecule has 10 heteroatoms. The van der Waals surface area contributed by atoms with Crippen LogP contribution in [0.1, 0.15) is 18.3 Å². The zero-order chi connectivity index (χ0) is 21.3. The third-order valence-electron chi connectivity index (χ3n) is 3.90. The SMILES string of the molecule is COc1cc(C=Nn2c(C)nc3ccc(Br)cc3c2=O)c(Br)c(Br)c1OC(C)=O. The lowest BCUT2D eigenvalue weighted by Crippen LogP contribution is -2.20. The molecule has 1 aromatic heterocycles. The highest BCUT2D eigenvalue weighted by atomic mass is 79.9. The first kappa shape index (κ1) is 21.7. The molecule has 0 atom stereocenters. The van der Waals surface area contributed by atoms with Gasteiger partial charge < -0.3 is 9.47 Å². The van der Waals surface area contributed by atoms with Crippen molar-refractivity contribution in [3.8, 4) is 11.5 Å². The maximum atomic E-state index is 12.9. The second kappa shape index (κ2) is 8.76. The number of esters is 1. The largest absolute Gasteiger partial charge is 0.493 e. The minimum Gasteiger partial charge on any atom is -0.493 e. The van der Waals surface area contributed by atoms with Crippen molar-refractivity contribution < 1.29 is 14.3 Å². The third kappa shape index (κ3) is 4.44. The summed E-state index contributed by atoms with van der Waals surface area (Å²) in [5, 5.41) is 4.76. The number of hydrogen-bond donors (Lipinski definition) is 0. The zero-order valence-electron chi connectivity index (χ0n) is 15.5. The van der Waals surface area contributed by atoms with Gasteiger partial charge in [-0.15, -0.1) is 0 Å². The van der Waals surface area contributed by atoms with Crippen molar-refractivity contribution in [3.63, 3.8) is 0 Å². The van der Waals surface area contributed by atoms with Gasteiger partial charge in [0.1, 0.15) is 5.82 Å². The van der Waals surface area contributed by atoms with Crippen molar-refractivity contribution >= 4 is 70.9 Å². The highest BCUT2D eigenvalue weighted by Crippen LogP contribution is 2.42.